The van der Waals surface area contributed by atoms with Crippen molar-refractivity contribution in [3.8, 4) is 11.1 Å². The smallest absolute Gasteiger partial charge is 0.255 e. The molecule has 7 nitrogen and oxygen atoms in total. The molecule has 0 amide bonds. The number of ether oxygens (including phenoxy) is 1. The zero-order valence-corrected chi connectivity index (χ0v) is 21.6. The minimum atomic E-state index is -0.344. The molecule has 0 unspecified atom stereocenters. The summed E-state index contributed by atoms with van der Waals surface area (Å²) in [4.78, 5) is 25.2. The van der Waals surface area contributed by atoms with Crippen molar-refractivity contribution in [1.29, 1.82) is 0 Å². The summed E-state index contributed by atoms with van der Waals surface area (Å²) in [6, 6.07) is 10.4. The number of aromatic amines is 1. The van der Waals surface area contributed by atoms with E-state index in [-0.39, 0.29) is 11.4 Å². The van der Waals surface area contributed by atoms with E-state index in [0.29, 0.717) is 24.5 Å². The number of anilines is 1. The Hall–Kier alpha value is -3.18. The molecule has 9 heteroatoms. The lowest BCUT2D eigenvalue weighted by Crippen LogP contribution is -2.36. The number of nitrogens with zero attached hydrogens (tertiary/aromatic N) is 4. The maximum Gasteiger partial charge on any atom is 0.255 e. The van der Waals surface area contributed by atoms with Crippen molar-refractivity contribution in [2.75, 3.05) is 45.3 Å². The van der Waals surface area contributed by atoms with E-state index >= 15 is 0 Å². The Morgan fingerprint density at radius 2 is 2.00 bits per heavy atom. The number of benzene rings is 1. The SMILES string of the molecule is CN(C)/C=C(/c1cc(F)cc(I)c1)n1ccc(-c2c[nH]c3ncc(N4CCOCC4)cc23)cc1=O. The molecule has 0 saturated carbocycles. The highest BCUT2D eigenvalue weighted by Crippen LogP contribution is 2.30. The third kappa shape index (κ3) is 4.96. The summed E-state index contributed by atoms with van der Waals surface area (Å²) in [5.74, 6) is -0.344. The topological polar surface area (TPSA) is 66.4 Å². The standard InChI is InChI=1S/C26H25FIN5O2/c1-31(2)16-24(18-9-19(27)12-20(28)10-18)33-4-3-17(11-25(33)34)23-15-30-26-22(23)13-21(14-29-26)32-5-7-35-8-6-32/h3-4,9-16H,5-8H2,1-2H3,(H,29,30)/b24-16-. The largest absolute Gasteiger partial charge is 0.382 e. The van der Waals surface area contributed by atoms with Gasteiger partial charge in [0.2, 0.25) is 0 Å². The Morgan fingerprint density at radius 1 is 1.20 bits per heavy atom. The number of nitrogens with one attached hydrogen (secondary N) is 1. The Balaban J connectivity index is 1.56. The zero-order valence-electron chi connectivity index (χ0n) is 19.5. The van der Waals surface area contributed by atoms with Gasteiger partial charge in [-0.15, -0.1) is 0 Å². The van der Waals surface area contributed by atoms with Crippen LogP contribution in [0.4, 0.5) is 10.1 Å². The van der Waals surface area contributed by atoms with Crippen molar-refractivity contribution in [2.45, 2.75) is 0 Å². The molecule has 1 aromatic carbocycles. The molecule has 0 atom stereocenters. The highest BCUT2D eigenvalue weighted by molar-refractivity contribution is 14.1. The Bertz CT molecular complexity index is 1450. The number of rotatable bonds is 5. The number of hydrogen-bond acceptors (Lipinski definition) is 5. The van der Waals surface area contributed by atoms with Crippen LogP contribution in [0.15, 0.2) is 66.0 Å². The van der Waals surface area contributed by atoms with E-state index in [9.17, 15) is 9.18 Å². The van der Waals surface area contributed by atoms with Gasteiger partial charge < -0.3 is 19.5 Å². The van der Waals surface area contributed by atoms with Crippen molar-refractivity contribution in [3.05, 3.63) is 86.5 Å². The Morgan fingerprint density at radius 3 is 2.71 bits per heavy atom. The van der Waals surface area contributed by atoms with Gasteiger partial charge >= 0.3 is 0 Å². The van der Waals surface area contributed by atoms with Crippen molar-refractivity contribution in [1.82, 2.24) is 19.4 Å². The minimum Gasteiger partial charge on any atom is -0.382 e. The first-order valence-corrected chi connectivity index (χ1v) is 12.3. The van der Waals surface area contributed by atoms with Crippen LogP contribution in [-0.2, 0) is 4.74 Å². The normalized spacial score (nSPS) is 14.5. The molecule has 1 aliphatic rings. The highest BCUT2D eigenvalue weighted by atomic mass is 127. The van der Waals surface area contributed by atoms with E-state index in [2.05, 4.69) is 43.5 Å². The van der Waals surface area contributed by atoms with Crippen LogP contribution >= 0.6 is 22.6 Å². The number of aromatic nitrogens is 3. The summed E-state index contributed by atoms with van der Waals surface area (Å²) in [6.07, 6.45) is 7.30. The van der Waals surface area contributed by atoms with Gasteiger partial charge in [-0.2, -0.15) is 0 Å². The van der Waals surface area contributed by atoms with Crippen LogP contribution in [0.25, 0.3) is 27.9 Å². The fraction of sp³-hybridized carbons (Fsp3) is 0.231. The van der Waals surface area contributed by atoms with Gasteiger partial charge in [0.05, 0.1) is 30.8 Å². The van der Waals surface area contributed by atoms with Crippen LogP contribution < -0.4 is 10.5 Å². The quantitative estimate of drug-likeness (QED) is 0.353. The van der Waals surface area contributed by atoms with Gasteiger partial charge in [-0.3, -0.25) is 9.36 Å². The average molecular weight is 585 g/mol. The molecule has 1 saturated heterocycles. The van der Waals surface area contributed by atoms with Crippen LogP contribution in [0.3, 0.4) is 0 Å². The van der Waals surface area contributed by atoms with E-state index in [1.807, 2.05) is 49.7 Å². The summed E-state index contributed by atoms with van der Waals surface area (Å²) in [6.45, 7) is 3.04. The predicted octanol–water partition coefficient (Wildman–Crippen LogP) is 4.38. The highest BCUT2D eigenvalue weighted by Gasteiger charge is 2.16. The van der Waals surface area contributed by atoms with Gasteiger partial charge in [-0.1, -0.05) is 0 Å². The van der Waals surface area contributed by atoms with Crippen molar-refractivity contribution in [3.63, 3.8) is 0 Å². The van der Waals surface area contributed by atoms with Crippen molar-refractivity contribution >= 4 is 45.0 Å². The average Bonchev–Trinajstić information content (AvgIpc) is 3.26. The summed E-state index contributed by atoms with van der Waals surface area (Å²) in [5.41, 5.74) is 4.52. The van der Waals surface area contributed by atoms with Gasteiger partial charge in [0, 0.05) is 71.9 Å². The van der Waals surface area contributed by atoms with Crippen molar-refractivity contribution < 1.29 is 9.13 Å². The lowest BCUT2D eigenvalue weighted by Gasteiger charge is -2.28. The molecule has 0 bridgehead atoms. The van der Waals surface area contributed by atoms with Crippen LogP contribution in [0.1, 0.15) is 5.56 Å². The van der Waals surface area contributed by atoms with Crippen LogP contribution in [-0.4, -0.2) is 59.8 Å². The lowest BCUT2D eigenvalue weighted by molar-refractivity contribution is 0.122. The molecule has 1 aliphatic heterocycles. The molecule has 180 valence electrons. The number of H-pyrrole nitrogens is 1. The molecular formula is C26H25FIN5O2. The first-order valence-electron chi connectivity index (χ1n) is 11.3. The second-order valence-electron chi connectivity index (χ2n) is 8.65. The molecule has 1 fully saturated rings. The molecular weight excluding hydrogens is 560 g/mol. The second-order valence-corrected chi connectivity index (χ2v) is 9.90. The molecule has 4 heterocycles. The molecule has 0 radical (unpaired) electrons. The molecule has 0 aliphatic carbocycles. The van der Waals surface area contributed by atoms with Crippen LogP contribution in [0.2, 0.25) is 0 Å². The van der Waals surface area contributed by atoms with E-state index < -0.39 is 0 Å². The van der Waals surface area contributed by atoms with Crippen molar-refractivity contribution in [2.24, 2.45) is 0 Å². The van der Waals surface area contributed by atoms with Gasteiger partial charge in [0.25, 0.3) is 5.56 Å². The number of fused-ring (bicyclic) bond motifs is 1. The molecule has 1 N–H and O–H groups in total. The maximum atomic E-state index is 14.2. The molecule has 4 aromatic rings. The first kappa shape index (κ1) is 23.6. The van der Waals surface area contributed by atoms with E-state index in [4.69, 9.17) is 4.74 Å². The van der Waals surface area contributed by atoms with Gasteiger partial charge in [-0.05, 0) is 58.5 Å². The lowest BCUT2D eigenvalue weighted by atomic mass is 10.1. The minimum absolute atomic E-state index is 0.207. The fourth-order valence-corrected chi connectivity index (χ4v) is 4.93. The summed E-state index contributed by atoms with van der Waals surface area (Å²) in [5, 5.41) is 0.954. The Labute approximate surface area is 216 Å². The second kappa shape index (κ2) is 9.82. The van der Waals surface area contributed by atoms with E-state index in [0.717, 1.165) is 44.5 Å². The number of morpholine rings is 1. The summed E-state index contributed by atoms with van der Waals surface area (Å²) in [7, 11) is 3.74. The number of hydrogen-bond donors (Lipinski definition) is 1. The zero-order chi connectivity index (χ0) is 24.5. The van der Waals surface area contributed by atoms with Gasteiger partial charge in [-0.25, -0.2) is 9.37 Å². The fourth-order valence-electron chi connectivity index (χ4n) is 4.29. The van der Waals surface area contributed by atoms with Gasteiger partial charge in [0.15, 0.2) is 0 Å². The van der Waals surface area contributed by atoms with E-state index in [1.54, 1.807) is 16.8 Å². The van der Waals surface area contributed by atoms with E-state index in [1.165, 1.54) is 12.1 Å². The third-order valence-electron chi connectivity index (χ3n) is 5.92. The van der Waals surface area contributed by atoms with Crippen LogP contribution in [0, 0.1) is 9.39 Å². The molecule has 0 spiro atoms. The summed E-state index contributed by atoms with van der Waals surface area (Å²) >= 11 is 2.08. The molecule has 5 rings (SSSR count). The molecule has 3 aromatic heterocycles. The summed E-state index contributed by atoms with van der Waals surface area (Å²) < 4.78 is 21.9. The molecule has 35 heavy (non-hydrogen) atoms. The number of pyridine rings is 2. The first-order chi connectivity index (χ1) is 16.9. The monoisotopic (exact) mass is 585 g/mol. The third-order valence-corrected chi connectivity index (χ3v) is 6.54. The van der Waals surface area contributed by atoms with Gasteiger partial charge in [0.1, 0.15) is 11.5 Å². The Kier molecular flexibility index (Phi) is 6.61. The number of halogens is 2. The predicted molar refractivity (Wildman–Crippen MR) is 145 cm³/mol. The van der Waals surface area contributed by atoms with Crippen LogP contribution in [0.5, 0.6) is 0 Å². The maximum absolute atomic E-state index is 14.2.